The number of benzene rings is 2. The molecule has 0 heterocycles. The van der Waals surface area contributed by atoms with E-state index in [0.29, 0.717) is 18.2 Å². The first-order valence-electron chi connectivity index (χ1n) is 8.79. The fraction of sp³-hybridized carbons (Fsp3) is 0.381. The van der Waals surface area contributed by atoms with Crippen LogP contribution in [0.4, 0.5) is 4.39 Å². The molecule has 0 N–H and O–H groups in total. The quantitative estimate of drug-likeness (QED) is 0.741. The molecule has 3 rings (SSSR count). The average Bonchev–Trinajstić information content (AvgIpc) is 3.44. The predicted octanol–water partition coefficient (Wildman–Crippen LogP) is 4.52. The van der Waals surface area contributed by atoms with Crippen molar-refractivity contribution in [3.05, 3.63) is 65.5 Å². The largest absolute Gasteiger partial charge is 0.484 e. The van der Waals surface area contributed by atoms with E-state index in [9.17, 15) is 9.18 Å². The van der Waals surface area contributed by atoms with Gasteiger partial charge in [0.25, 0.3) is 5.91 Å². The Kier molecular flexibility index (Phi) is 5.37. The van der Waals surface area contributed by atoms with Crippen molar-refractivity contribution in [3.8, 4) is 5.75 Å². The lowest BCUT2D eigenvalue weighted by Crippen LogP contribution is -2.36. The summed E-state index contributed by atoms with van der Waals surface area (Å²) in [5.41, 5.74) is 2.18. The molecule has 1 fully saturated rings. The Bertz CT molecular complexity index is 706. The molecule has 1 aliphatic carbocycles. The van der Waals surface area contributed by atoms with Gasteiger partial charge in [-0.2, -0.15) is 0 Å². The summed E-state index contributed by atoms with van der Waals surface area (Å²) in [6.07, 6.45) is 2.05. The number of carbonyl (C=O) groups is 1. The fourth-order valence-electron chi connectivity index (χ4n) is 2.77. The maximum Gasteiger partial charge on any atom is 0.261 e. The highest BCUT2D eigenvalue weighted by Crippen LogP contribution is 2.28. The zero-order valence-electron chi connectivity index (χ0n) is 14.7. The second kappa shape index (κ2) is 7.68. The number of ether oxygens (including phenoxy) is 1. The summed E-state index contributed by atoms with van der Waals surface area (Å²) in [7, 11) is 0. The van der Waals surface area contributed by atoms with Gasteiger partial charge in [-0.3, -0.25) is 4.79 Å². The number of carbonyl (C=O) groups excluding carboxylic acids is 1. The van der Waals surface area contributed by atoms with E-state index in [1.807, 2.05) is 29.2 Å². The molecule has 0 spiro atoms. The maximum absolute atomic E-state index is 13.0. The molecule has 4 heteroatoms. The van der Waals surface area contributed by atoms with Crippen LogP contribution in [-0.2, 0) is 11.3 Å². The van der Waals surface area contributed by atoms with Crippen molar-refractivity contribution in [2.75, 3.05) is 6.61 Å². The molecule has 0 radical (unpaired) electrons. The van der Waals surface area contributed by atoms with Crippen LogP contribution in [0.3, 0.4) is 0 Å². The van der Waals surface area contributed by atoms with Crippen LogP contribution < -0.4 is 4.74 Å². The highest BCUT2D eigenvalue weighted by Gasteiger charge is 2.32. The molecule has 132 valence electrons. The minimum absolute atomic E-state index is 0.0265. The smallest absolute Gasteiger partial charge is 0.261 e. The van der Waals surface area contributed by atoms with E-state index in [2.05, 4.69) is 13.8 Å². The lowest BCUT2D eigenvalue weighted by atomic mass is 10.0. The third kappa shape index (κ3) is 4.81. The molecule has 3 nitrogen and oxygen atoms in total. The Balaban J connectivity index is 1.58. The van der Waals surface area contributed by atoms with E-state index in [4.69, 9.17) is 4.74 Å². The van der Waals surface area contributed by atoms with Crippen molar-refractivity contribution in [3.63, 3.8) is 0 Å². The minimum Gasteiger partial charge on any atom is -0.484 e. The van der Waals surface area contributed by atoms with E-state index in [1.165, 1.54) is 17.7 Å². The first-order chi connectivity index (χ1) is 12.0. The monoisotopic (exact) mass is 341 g/mol. The standard InChI is InChI=1S/C21H24FNO2/c1-15(2)17-5-11-20(12-6-17)25-14-21(24)23(19-9-10-19)13-16-3-7-18(22)8-4-16/h3-8,11-12,15,19H,9-10,13-14H2,1-2H3. The van der Waals surface area contributed by atoms with Gasteiger partial charge in [0.2, 0.25) is 0 Å². The van der Waals surface area contributed by atoms with Gasteiger partial charge in [-0.15, -0.1) is 0 Å². The third-order valence-electron chi connectivity index (χ3n) is 4.48. The Labute approximate surface area is 148 Å². The molecule has 0 aliphatic heterocycles. The van der Waals surface area contributed by atoms with Crippen molar-refractivity contribution in [1.82, 2.24) is 4.90 Å². The first-order valence-corrected chi connectivity index (χ1v) is 8.79. The topological polar surface area (TPSA) is 29.5 Å². The van der Waals surface area contributed by atoms with E-state index in [1.54, 1.807) is 12.1 Å². The molecule has 1 saturated carbocycles. The van der Waals surface area contributed by atoms with E-state index < -0.39 is 0 Å². The molecule has 0 unspecified atom stereocenters. The van der Waals surface area contributed by atoms with E-state index in [-0.39, 0.29) is 24.4 Å². The van der Waals surface area contributed by atoms with Crippen molar-refractivity contribution in [2.24, 2.45) is 0 Å². The highest BCUT2D eigenvalue weighted by molar-refractivity contribution is 5.78. The lowest BCUT2D eigenvalue weighted by molar-refractivity contribution is -0.134. The number of hydrogen-bond donors (Lipinski definition) is 0. The van der Waals surface area contributed by atoms with Gasteiger partial charge >= 0.3 is 0 Å². The SMILES string of the molecule is CC(C)c1ccc(OCC(=O)N(Cc2ccc(F)cc2)C2CC2)cc1. The van der Waals surface area contributed by atoms with Crippen molar-refractivity contribution in [2.45, 2.75) is 45.2 Å². The van der Waals surface area contributed by atoms with Crippen molar-refractivity contribution >= 4 is 5.91 Å². The van der Waals surface area contributed by atoms with Gasteiger partial charge in [0, 0.05) is 12.6 Å². The van der Waals surface area contributed by atoms with Gasteiger partial charge in [0.15, 0.2) is 6.61 Å². The van der Waals surface area contributed by atoms with Crippen LogP contribution in [0.5, 0.6) is 5.75 Å². The van der Waals surface area contributed by atoms with Gasteiger partial charge < -0.3 is 9.64 Å². The molecule has 0 bridgehead atoms. The molecule has 25 heavy (non-hydrogen) atoms. The molecule has 0 atom stereocenters. The highest BCUT2D eigenvalue weighted by atomic mass is 19.1. The zero-order chi connectivity index (χ0) is 17.8. The molecular formula is C21H24FNO2. The second-order valence-corrected chi connectivity index (χ2v) is 6.89. The maximum atomic E-state index is 13.0. The van der Waals surface area contributed by atoms with Crippen LogP contribution in [0, 0.1) is 5.82 Å². The average molecular weight is 341 g/mol. The summed E-state index contributed by atoms with van der Waals surface area (Å²) >= 11 is 0. The molecule has 0 aromatic heterocycles. The van der Waals surface area contributed by atoms with E-state index in [0.717, 1.165) is 18.4 Å². The third-order valence-corrected chi connectivity index (χ3v) is 4.48. The molecular weight excluding hydrogens is 317 g/mol. The molecule has 2 aromatic rings. The van der Waals surface area contributed by atoms with Gasteiger partial charge in [0.1, 0.15) is 11.6 Å². The number of halogens is 1. The summed E-state index contributed by atoms with van der Waals surface area (Å²) in [6, 6.07) is 14.5. The fourth-order valence-corrected chi connectivity index (χ4v) is 2.77. The van der Waals surface area contributed by atoms with Crippen LogP contribution in [-0.4, -0.2) is 23.5 Å². The number of hydrogen-bond acceptors (Lipinski definition) is 2. The summed E-state index contributed by atoms with van der Waals surface area (Å²) in [6.45, 7) is 4.81. The minimum atomic E-state index is -0.263. The summed E-state index contributed by atoms with van der Waals surface area (Å²) in [5.74, 6) is 0.882. The summed E-state index contributed by atoms with van der Waals surface area (Å²) < 4.78 is 18.7. The number of rotatable bonds is 7. The van der Waals surface area contributed by atoms with Gasteiger partial charge in [-0.25, -0.2) is 4.39 Å². The predicted molar refractivity (Wildman–Crippen MR) is 96.0 cm³/mol. The molecule has 1 aliphatic rings. The lowest BCUT2D eigenvalue weighted by Gasteiger charge is -2.22. The van der Waals surface area contributed by atoms with Crippen molar-refractivity contribution < 1.29 is 13.9 Å². The van der Waals surface area contributed by atoms with Crippen LogP contribution in [0.1, 0.15) is 43.7 Å². The Morgan fingerprint density at radius 1 is 1.12 bits per heavy atom. The van der Waals surface area contributed by atoms with Gasteiger partial charge in [0.05, 0.1) is 0 Å². The summed E-state index contributed by atoms with van der Waals surface area (Å²) in [5, 5.41) is 0. The first kappa shape index (κ1) is 17.5. The zero-order valence-corrected chi connectivity index (χ0v) is 14.7. The normalized spacial score (nSPS) is 13.8. The van der Waals surface area contributed by atoms with Crippen LogP contribution in [0.15, 0.2) is 48.5 Å². The summed E-state index contributed by atoms with van der Waals surface area (Å²) in [4.78, 5) is 14.4. The molecule has 0 saturated heterocycles. The molecule has 2 aromatic carbocycles. The van der Waals surface area contributed by atoms with Crippen LogP contribution >= 0.6 is 0 Å². The number of nitrogens with zero attached hydrogens (tertiary/aromatic N) is 1. The Morgan fingerprint density at radius 3 is 2.32 bits per heavy atom. The Morgan fingerprint density at radius 2 is 1.76 bits per heavy atom. The van der Waals surface area contributed by atoms with Gasteiger partial charge in [-0.05, 0) is 54.2 Å². The molecule has 1 amide bonds. The van der Waals surface area contributed by atoms with Gasteiger partial charge in [-0.1, -0.05) is 38.1 Å². The van der Waals surface area contributed by atoms with Crippen LogP contribution in [0.25, 0.3) is 0 Å². The van der Waals surface area contributed by atoms with Crippen molar-refractivity contribution in [1.29, 1.82) is 0 Å². The second-order valence-electron chi connectivity index (χ2n) is 6.89. The number of amides is 1. The Hall–Kier alpha value is -2.36. The van der Waals surface area contributed by atoms with Crippen LogP contribution in [0.2, 0.25) is 0 Å². The van der Waals surface area contributed by atoms with E-state index >= 15 is 0 Å².